The standard InChI is InChI=1S/C14H9ClN2O2/c15-10-2-4-13(17-7-1-6-16-17)12(8-10)14-5-3-11(9-18)19-14/h1-9H. The molecule has 19 heavy (non-hydrogen) atoms. The molecule has 0 unspecified atom stereocenters. The molecule has 0 aliphatic heterocycles. The summed E-state index contributed by atoms with van der Waals surface area (Å²) in [7, 11) is 0. The largest absolute Gasteiger partial charge is 0.453 e. The van der Waals surface area contributed by atoms with Crippen LogP contribution in [0.25, 0.3) is 17.0 Å². The summed E-state index contributed by atoms with van der Waals surface area (Å²) in [6.45, 7) is 0. The van der Waals surface area contributed by atoms with Crippen LogP contribution in [0.15, 0.2) is 53.2 Å². The lowest BCUT2D eigenvalue weighted by atomic mass is 10.1. The highest BCUT2D eigenvalue weighted by molar-refractivity contribution is 6.31. The maximum atomic E-state index is 10.7. The summed E-state index contributed by atoms with van der Waals surface area (Å²) in [6.07, 6.45) is 4.19. The number of aldehydes is 1. The van der Waals surface area contributed by atoms with Gasteiger partial charge in [0.1, 0.15) is 5.76 Å². The Hall–Kier alpha value is -2.33. The van der Waals surface area contributed by atoms with Crippen LogP contribution in [0, 0.1) is 0 Å². The van der Waals surface area contributed by atoms with Crippen molar-refractivity contribution in [3.05, 3.63) is 59.6 Å². The molecule has 2 aromatic heterocycles. The first-order chi connectivity index (χ1) is 9.28. The molecule has 94 valence electrons. The van der Waals surface area contributed by atoms with Crippen molar-refractivity contribution in [1.29, 1.82) is 0 Å². The van der Waals surface area contributed by atoms with Crippen molar-refractivity contribution in [2.45, 2.75) is 0 Å². The van der Waals surface area contributed by atoms with E-state index in [1.165, 1.54) is 0 Å². The highest BCUT2D eigenvalue weighted by Crippen LogP contribution is 2.30. The molecule has 0 fully saturated rings. The maximum absolute atomic E-state index is 10.7. The van der Waals surface area contributed by atoms with Crippen molar-refractivity contribution in [3.63, 3.8) is 0 Å². The Labute approximate surface area is 114 Å². The molecule has 1 aromatic carbocycles. The molecule has 0 N–H and O–H groups in total. The van der Waals surface area contributed by atoms with Gasteiger partial charge in [0.2, 0.25) is 0 Å². The molecule has 5 heteroatoms. The van der Waals surface area contributed by atoms with E-state index in [-0.39, 0.29) is 5.76 Å². The second kappa shape index (κ2) is 4.74. The molecule has 3 rings (SSSR count). The first-order valence-corrected chi connectivity index (χ1v) is 6.00. The monoisotopic (exact) mass is 272 g/mol. The highest BCUT2D eigenvalue weighted by atomic mass is 35.5. The van der Waals surface area contributed by atoms with Gasteiger partial charge in [-0.05, 0) is 36.4 Å². The summed E-state index contributed by atoms with van der Waals surface area (Å²) in [5.74, 6) is 0.858. The summed E-state index contributed by atoms with van der Waals surface area (Å²) in [5, 5.41) is 4.78. The minimum atomic E-state index is 0.279. The Bertz CT molecular complexity index is 717. The van der Waals surface area contributed by atoms with Crippen LogP contribution < -0.4 is 0 Å². The lowest BCUT2D eigenvalue weighted by Gasteiger charge is -2.08. The number of benzene rings is 1. The fourth-order valence-corrected chi connectivity index (χ4v) is 2.05. The van der Waals surface area contributed by atoms with Gasteiger partial charge in [0, 0.05) is 23.0 Å². The normalized spacial score (nSPS) is 10.6. The van der Waals surface area contributed by atoms with E-state index in [1.54, 1.807) is 35.1 Å². The molecule has 0 spiro atoms. The molecule has 0 aliphatic carbocycles. The molecule has 0 bridgehead atoms. The lowest BCUT2D eigenvalue weighted by molar-refractivity contribution is 0.110. The van der Waals surface area contributed by atoms with Crippen LogP contribution in [0.3, 0.4) is 0 Å². The van der Waals surface area contributed by atoms with Crippen LogP contribution in [0.2, 0.25) is 5.02 Å². The first kappa shape index (κ1) is 11.7. The molecule has 0 atom stereocenters. The van der Waals surface area contributed by atoms with Crippen LogP contribution in [0.5, 0.6) is 0 Å². The molecule has 3 aromatic rings. The smallest absolute Gasteiger partial charge is 0.185 e. The molecular formula is C14H9ClN2O2. The Morgan fingerprint density at radius 3 is 2.84 bits per heavy atom. The van der Waals surface area contributed by atoms with E-state index in [0.29, 0.717) is 17.1 Å². The van der Waals surface area contributed by atoms with E-state index in [0.717, 1.165) is 11.3 Å². The van der Waals surface area contributed by atoms with Gasteiger partial charge in [-0.2, -0.15) is 5.10 Å². The average molecular weight is 273 g/mol. The third kappa shape index (κ3) is 2.18. The van der Waals surface area contributed by atoms with Crippen molar-refractivity contribution in [3.8, 4) is 17.0 Å². The third-order valence-electron chi connectivity index (χ3n) is 2.72. The van der Waals surface area contributed by atoms with Crippen LogP contribution in [-0.4, -0.2) is 16.1 Å². The second-order valence-corrected chi connectivity index (χ2v) is 4.37. The first-order valence-electron chi connectivity index (χ1n) is 5.63. The molecular weight excluding hydrogens is 264 g/mol. The molecule has 0 saturated carbocycles. The maximum Gasteiger partial charge on any atom is 0.185 e. The molecule has 0 saturated heterocycles. The summed E-state index contributed by atoms with van der Waals surface area (Å²) in [5.41, 5.74) is 1.62. The van der Waals surface area contributed by atoms with Crippen molar-refractivity contribution >= 4 is 17.9 Å². The number of halogens is 1. The number of aromatic nitrogens is 2. The minimum Gasteiger partial charge on any atom is -0.453 e. The molecule has 0 amide bonds. The molecule has 2 heterocycles. The summed E-state index contributed by atoms with van der Waals surface area (Å²) in [6, 6.07) is 10.6. The zero-order chi connectivity index (χ0) is 13.2. The van der Waals surface area contributed by atoms with Gasteiger partial charge in [-0.3, -0.25) is 4.79 Å². The van der Waals surface area contributed by atoms with E-state index in [1.807, 2.05) is 18.3 Å². The summed E-state index contributed by atoms with van der Waals surface area (Å²) in [4.78, 5) is 10.7. The number of furan rings is 1. The number of rotatable bonds is 3. The fraction of sp³-hybridized carbons (Fsp3) is 0. The Balaban J connectivity index is 2.18. The van der Waals surface area contributed by atoms with Crippen LogP contribution in [-0.2, 0) is 0 Å². The fourth-order valence-electron chi connectivity index (χ4n) is 1.88. The van der Waals surface area contributed by atoms with Gasteiger partial charge in [-0.15, -0.1) is 0 Å². The zero-order valence-electron chi connectivity index (χ0n) is 9.79. The number of hydrogen-bond acceptors (Lipinski definition) is 3. The molecule has 0 radical (unpaired) electrons. The van der Waals surface area contributed by atoms with Crippen LogP contribution in [0.1, 0.15) is 10.6 Å². The predicted octanol–water partition coefficient (Wildman–Crippen LogP) is 3.60. The molecule has 4 nitrogen and oxygen atoms in total. The van der Waals surface area contributed by atoms with E-state index < -0.39 is 0 Å². The Kier molecular flexibility index (Phi) is 2.93. The zero-order valence-corrected chi connectivity index (χ0v) is 10.5. The topological polar surface area (TPSA) is 48.0 Å². The minimum absolute atomic E-state index is 0.279. The van der Waals surface area contributed by atoms with E-state index in [4.69, 9.17) is 16.0 Å². The van der Waals surface area contributed by atoms with E-state index >= 15 is 0 Å². The van der Waals surface area contributed by atoms with Crippen molar-refractivity contribution in [2.24, 2.45) is 0 Å². The van der Waals surface area contributed by atoms with Gasteiger partial charge in [-0.1, -0.05) is 11.6 Å². The number of carbonyl (C=O) groups excluding carboxylic acids is 1. The van der Waals surface area contributed by atoms with Crippen molar-refractivity contribution in [1.82, 2.24) is 9.78 Å². The Morgan fingerprint density at radius 2 is 2.16 bits per heavy atom. The van der Waals surface area contributed by atoms with Gasteiger partial charge in [0.15, 0.2) is 12.0 Å². The average Bonchev–Trinajstić information content (AvgIpc) is 3.10. The number of nitrogens with zero attached hydrogens (tertiary/aromatic N) is 2. The molecule has 0 aliphatic rings. The SMILES string of the molecule is O=Cc1ccc(-c2cc(Cl)ccc2-n2cccn2)o1. The Morgan fingerprint density at radius 1 is 1.26 bits per heavy atom. The third-order valence-corrected chi connectivity index (χ3v) is 2.95. The van der Waals surface area contributed by atoms with Crippen molar-refractivity contribution < 1.29 is 9.21 Å². The lowest BCUT2D eigenvalue weighted by Crippen LogP contribution is -1.96. The van der Waals surface area contributed by atoms with Crippen molar-refractivity contribution in [2.75, 3.05) is 0 Å². The van der Waals surface area contributed by atoms with E-state index in [9.17, 15) is 4.79 Å². The quantitative estimate of drug-likeness (QED) is 0.685. The van der Waals surface area contributed by atoms with Crippen LogP contribution in [0.4, 0.5) is 0 Å². The second-order valence-electron chi connectivity index (χ2n) is 3.93. The van der Waals surface area contributed by atoms with Gasteiger partial charge in [0.05, 0.1) is 5.69 Å². The van der Waals surface area contributed by atoms with Gasteiger partial charge in [0.25, 0.3) is 0 Å². The van der Waals surface area contributed by atoms with Crippen LogP contribution >= 0.6 is 11.6 Å². The summed E-state index contributed by atoms with van der Waals surface area (Å²) >= 11 is 6.03. The van der Waals surface area contributed by atoms with E-state index in [2.05, 4.69) is 5.10 Å². The van der Waals surface area contributed by atoms with Gasteiger partial charge in [-0.25, -0.2) is 4.68 Å². The number of carbonyl (C=O) groups is 1. The van der Waals surface area contributed by atoms with Gasteiger partial charge >= 0.3 is 0 Å². The van der Waals surface area contributed by atoms with Gasteiger partial charge < -0.3 is 4.42 Å². The predicted molar refractivity (Wildman–Crippen MR) is 71.7 cm³/mol. The number of hydrogen-bond donors (Lipinski definition) is 0. The highest BCUT2D eigenvalue weighted by Gasteiger charge is 2.12. The summed E-state index contributed by atoms with van der Waals surface area (Å²) < 4.78 is 7.16.